The van der Waals surface area contributed by atoms with Crippen molar-refractivity contribution >= 4 is 17.3 Å². The van der Waals surface area contributed by atoms with Gasteiger partial charge in [0.2, 0.25) is 0 Å². The van der Waals surface area contributed by atoms with Gasteiger partial charge in [-0.3, -0.25) is 4.99 Å². The van der Waals surface area contributed by atoms with Crippen molar-refractivity contribution in [1.82, 2.24) is 15.6 Å². The van der Waals surface area contributed by atoms with Gasteiger partial charge in [-0.15, -0.1) is 11.3 Å². The Balaban J connectivity index is 1.80. The Kier molecular flexibility index (Phi) is 2.98. The van der Waals surface area contributed by atoms with Crippen molar-refractivity contribution in [3.8, 4) is 0 Å². The fourth-order valence-corrected chi connectivity index (χ4v) is 2.03. The quantitative estimate of drug-likeness (QED) is 0.775. The zero-order chi connectivity index (χ0) is 9.80. The van der Waals surface area contributed by atoms with E-state index >= 15 is 0 Å². The third-order valence-corrected chi connectivity index (χ3v) is 3.13. The molecule has 1 aliphatic rings. The fraction of sp³-hybridized carbons (Fsp3) is 0.556. The van der Waals surface area contributed by atoms with Crippen LogP contribution in [0.1, 0.15) is 17.8 Å². The lowest BCUT2D eigenvalue weighted by molar-refractivity contribution is 0.706. The molecule has 5 heteroatoms. The molecule has 4 nitrogen and oxygen atoms in total. The molecule has 0 aromatic carbocycles. The second kappa shape index (κ2) is 4.41. The molecule has 14 heavy (non-hydrogen) atoms. The maximum Gasteiger partial charge on any atom is 0.191 e. The highest BCUT2D eigenvalue weighted by molar-refractivity contribution is 7.09. The van der Waals surface area contributed by atoms with Gasteiger partial charge >= 0.3 is 0 Å². The second-order valence-corrected chi connectivity index (χ2v) is 4.24. The summed E-state index contributed by atoms with van der Waals surface area (Å²) in [5, 5.41) is 9.64. The zero-order valence-electron chi connectivity index (χ0n) is 8.16. The van der Waals surface area contributed by atoms with Gasteiger partial charge in [0.1, 0.15) is 0 Å². The van der Waals surface area contributed by atoms with Gasteiger partial charge in [0.15, 0.2) is 5.96 Å². The lowest BCUT2D eigenvalue weighted by Gasteiger charge is -2.10. The average molecular weight is 210 g/mol. The molecule has 0 amide bonds. The minimum absolute atomic E-state index is 0.445. The van der Waals surface area contributed by atoms with Crippen molar-refractivity contribution in [2.45, 2.75) is 12.8 Å². The van der Waals surface area contributed by atoms with Crippen molar-refractivity contribution in [2.75, 3.05) is 19.6 Å². The van der Waals surface area contributed by atoms with Gasteiger partial charge < -0.3 is 10.6 Å². The molecule has 1 aliphatic heterocycles. The van der Waals surface area contributed by atoms with Crippen molar-refractivity contribution < 1.29 is 0 Å². The molecular weight excluding hydrogens is 196 g/mol. The lowest BCUT2D eigenvalue weighted by atomic mass is 10.2. The van der Waals surface area contributed by atoms with E-state index < -0.39 is 0 Å². The maximum absolute atomic E-state index is 4.28. The van der Waals surface area contributed by atoms with E-state index in [0.29, 0.717) is 5.92 Å². The summed E-state index contributed by atoms with van der Waals surface area (Å²) < 4.78 is 0. The summed E-state index contributed by atoms with van der Waals surface area (Å²) in [4.78, 5) is 8.55. The van der Waals surface area contributed by atoms with Crippen LogP contribution >= 0.6 is 11.3 Å². The minimum atomic E-state index is 0.445. The Bertz CT molecular complexity index is 307. The van der Waals surface area contributed by atoms with Crippen LogP contribution in [0.25, 0.3) is 0 Å². The molecule has 0 saturated heterocycles. The van der Waals surface area contributed by atoms with Gasteiger partial charge in [-0.25, -0.2) is 4.98 Å². The highest BCUT2D eigenvalue weighted by atomic mass is 32.1. The Morgan fingerprint density at radius 2 is 2.64 bits per heavy atom. The van der Waals surface area contributed by atoms with Crippen LogP contribution in [0.2, 0.25) is 0 Å². The first kappa shape index (κ1) is 9.45. The highest BCUT2D eigenvalue weighted by Crippen LogP contribution is 2.16. The zero-order valence-corrected chi connectivity index (χ0v) is 8.97. The number of aliphatic imine (C=N–C) groups is 1. The molecule has 0 bridgehead atoms. The summed E-state index contributed by atoms with van der Waals surface area (Å²) in [5.74, 6) is 1.37. The number of rotatable bonds is 3. The molecule has 1 aromatic heterocycles. The van der Waals surface area contributed by atoms with E-state index in [2.05, 4.69) is 27.5 Å². The average Bonchev–Trinajstić information content (AvgIpc) is 2.87. The molecule has 76 valence electrons. The highest BCUT2D eigenvalue weighted by Gasteiger charge is 2.10. The summed E-state index contributed by atoms with van der Waals surface area (Å²) in [6.45, 7) is 4.89. The van der Waals surface area contributed by atoms with Gasteiger partial charge in [0, 0.05) is 30.6 Å². The molecule has 1 aromatic rings. The SMILES string of the molecule is CC(CNC1=NCCN1)c1nccs1. The van der Waals surface area contributed by atoms with Crippen LogP contribution in [-0.2, 0) is 0 Å². The summed E-state index contributed by atoms with van der Waals surface area (Å²) in [7, 11) is 0. The minimum Gasteiger partial charge on any atom is -0.356 e. The van der Waals surface area contributed by atoms with E-state index in [1.54, 1.807) is 11.3 Å². The van der Waals surface area contributed by atoms with Crippen LogP contribution in [0.4, 0.5) is 0 Å². The number of nitrogens with one attached hydrogen (secondary N) is 2. The molecule has 0 saturated carbocycles. The van der Waals surface area contributed by atoms with Crippen molar-refractivity contribution in [3.63, 3.8) is 0 Å². The summed E-state index contributed by atoms with van der Waals surface area (Å²) in [6, 6.07) is 0. The standard InChI is InChI=1S/C9H14N4S/c1-7(8-10-4-5-14-8)6-13-9-11-2-3-12-9/h4-5,7H,2-3,6H2,1H3,(H2,11,12,13). The van der Waals surface area contributed by atoms with E-state index in [1.807, 2.05) is 11.6 Å². The van der Waals surface area contributed by atoms with Crippen molar-refractivity contribution in [2.24, 2.45) is 4.99 Å². The number of aromatic nitrogens is 1. The van der Waals surface area contributed by atoms with Crippen LogP contribution < -0.4 is 10.6 Å². The van der Waals surface area contributed by atoms with Crippen LogP contribution in [0, 0.1) is 0 Å². The Labute approximate surface area is 87.5 Å². The molecule has 2 heterocycles. The Morgan fingerprint density at radius 1 is 1.71 bits per heavy atom. The molecule has 0 spiro atoms. The van der Waals surface area contributed by atoms with Crippen molar-refractivity contribution in [1.29, 1.82) is 0 Å². The largest absolute Gasteiger partial charge is 0.356 e. The molecule has 1 atom stereocenters. The topological polar surface area (TPSA) is 49.3 Å². The van der Waals surface area contributed by atoms with Gasteiger partial charge in [-0.05, 0) is 0 Å². The summed E-state index contributed by atoms with van der Waals surface area (Å²) in [6.07, 6.45) is 1.85. The monoisotopic (exact) mass is 210 g/mol. The first-order valence-electron chi connectivity index (χ1n) is 4.78. The third kappa shape index (κ3) is 2.23. The lowest BCUT2D eigenvalue weighted by Crippen LogP contribution is -2.35. The number of thiazole rings is 1. The van der Waals surface area contributed by atoms with Gasteiger partial charge in [-0.1, -0.05) is 6.92 Å². The van der Waals surface area contributed by atoms with E-state index in [0.717, 1.165) is 25.6 Å². The second-order valence-electron chi connectivity index (χ2n) is 3.31. The number of hydrogen-bond acceptors (Lipinski definition) is 5. The predicted octanol–water partition coefficient (Wildman–Crippen LogP) is 0.795. The van der Waals surface area contributed by atoms with Crippen LogP contribution in [0.15, 0.2) is 16.6 Å². The third-order valence-electron chi connectivity index (χ3n) is 2.12. The van der Waals surface area contributed by atoms with E-state index in [1.165, 1.54) is 5.01 Å². The molecule has 0 aliphatic carbocycles. The molecular formula is C9H14N4S. The molecule has 2 N–H and O–H groups in total. The van der Waals surface area contributed by atoms with Gasteiger partial charge in [-0.2, -0.15) is 0 Å². The van der Waals surface area contributed by atoms with Crippen molar-refractivity contribution in [3.05, 3.63) is 16.6 Å². The number of guanidine groups is 1. The smallest absolute Gasteiger partial charge is 0.191 e. The Morgan fingerprint density at radius 3 is 3.29 bits per heavy atom. The molecule has 1 unspecified atom stereocenters. The maximum atomic E-state index is 4.28. The number of nitrogens with zero attached hydrogens (tertiary/aromatic N) is 2. The van der Waals surface area contributed by atoms with Crippen LogP contribution in [0.5, 0.6) is 0 Å². The number of hydrogen-bond donors (Lipinski definition) is 2. The fourth-order valence-electron chi connectivity index (χ4n) is 1.33. The normalized spacial score (nSPS) is 17.4. The summed E-state index contributed by atoms with van der Waals surface area (Å²) >= 11 is 1.70. The van der Waals surface area contributed by atoms with E-state index in [9.17, 15) is 0 Å². The van der Waals surface area contributed by atoms with Gasteiger partial charge in [0.25, 0.3) is 0 Å². The first-order valence-corrected chi connectivity index (χ1v) is 5.66. The van der Waals surface area contributed by atoms with E-state index in [-0.39, 0.29) is 0 Å². The van der Waals surface area contributed by atoms with E-state index in [4.69, 9.17) is 0 Å². The van der Waals surface area contributed by atoms with Gasteiger partial charge in [0.05, 0.1) is 11.6 Å². The molecule has 0 fully saturated rings. The predicted molar refractivity (Wildman–Crippen MR) is 58.8 cm³/mol. The Hall–Kier alpha value is -1.10. The first-order chi connectivity index (χ1) is 6.86. The van der Waals surface area contributed by atoms with Crippen LogP contribution in [0.3, 0.4) is 0 Å². The molecule has 2 rings (SSSR count). The van der Waals surface area contributed by atoms with Crippen LogP contribution in [-0.4, -0.2) is 30.6 Å². The summed E-state index contributed by atoms with van der Waals surface area (Å²) in [5.41, 5.74) is 0. The molecule has 0 radical (unpaired) electrons.